The third-order valence-corrected chi connectivity index (χ3v) is 4.88. The van der Waals surface area contributed by atoms with Crippen molar-refractivity contribution in [2.75, 3.05) is 6.61 Å². The van der Waals surface area contributed by atoms with Crippen LogP contribution in [0.4, 0.5) is 4.39 Å². The standard InChI is InChI=1S/C23H23FO5/c1-4-27-21(25)12-10-18-14(2)17-9-11-20(15(3)22(17)29-23(18)26)28-13-16-7-5-6-8-19(16)24/h5-9,11H,4,10,12-13H2,1-3H3. The van der Waals surface area contributed by atoms with E-state index >= 15 is 0 Å². The highest BCUT2D eigenvalue weighted by Crippen LogP contribution is 2.30. The quantitative estimate of drug-likeness (QED) is 0.429. The Morgan fingerprint density at radius 2 is 1.86 bits per heavy atom. The van der Waals surface area contributed by atoms with Gasteiger partial charge in [0.2, 0.25) is 0 Å². The van der Waals surface area contributed by atoms with Crippen LogP contribution in [0.3, 0.4) is 0 Å². The summed E-state index contributed by atoms with van der Waals surface area (Å²) >= 11 is 0. The van der Waals surface area contributed by atoms with Crippen molar-refractivity contribution in [1.29, 1.82) is 0 Å². The molecule has 0 aliphatic rings. The first kappa shape index (κ1) is 20.6. The van der Waals surface area contributed by atoms with Crippen molar-refractivity contribution >= 4 is 16.9 Å². The highest BCUT2D eigenvalue weighted by atomic mass is 19.1. The number of carbonyl (C=O) groups excluding carboxylic acids is 1. The number of esters is 1. The lowest BCUT2D eigenvalue weighted by Gasteiger charge is -2.13. The van der Waals surface area contributed by atoms with Gasteiger partial charge in [0.15, 0.2) is 0 Å². The number of ether oxygens (including phenoxy) is 2. The van der Waals surface area contributed by atoms with Crippen LogP contribution in [0.1, 0.15) is 35.6 Å². The van der Waals surface area contributed by atoms with Gasteiger partial charge in [-0.2, -0.15) is 0 Å². The summed E-state index contributed by atoms with van der Waals surface area (Å²) in [6.45, 7) is 5.74. The molecule has 2 aromatic carbocycles. The van der Waals surface area contributed by atoms with E-state index in [0.717, 1.165) is 10.9 Å². The Morgan fingerprint density at radius 3 is 2.59 bits per heavy atom. The van der Waals surface area contributed by atoms with E-state index in [1.807, 2.05) is 13.0 Å². The van der Waals surface area contributed by atoms with Gasteiger partial charge in [0.25, 0.3) is 0 Å². The Hall–Kier alpha value is -3.15. The molecule has 0 fully saturated rings. The maximum Gasteiger partial charge on any atom is 0.339 e. The van der Waals surface area contributed by atoms with Crippen LogP contribution >= 0.6 is 0 Å². The summed E-state index contributed by atoms with van der Waals surface area (Å²) in [6, 6.07) is 10.00. The second-order valence-electron chi connectivity index (χ2n) is 6.74. The maximum atomic E-state index is 13.8. The van der Waals surface area contributed by atoms with Crippen LogP contribution in [0.25, 0.3) is 11.0 Å². The number of halogens is 1. The largest absolute Gasteiger partial charge is 0.488 e. The van der Waals surface area contributed by atoms with Crippen molar-refractivity contribution in [2.45, 2.75) is 40.2 Å². The minimum absolute atomic E-state index is 0.0693. The van der Waals surface area contributed by atoms with E-state index in [-0.39, 0.29) is 31.2 Å². The molecule has 29 heavy (non-hydrogen) atoms. The van der Waals surface area contributed by atoms with Crippen molar-refractivity contribution in [2.24, 2.45) is 0 Å². The van der Waals surface area contributed by atoms with Crippen LogP contribution in [0.2, 0.25) is 0 Å². The number of benzene rings is 2. The molecule has 0 radical (unpaired) electrons. The predicted octanol–water partition coefficient (Wildman–Crippen LogP) is 4.62. The molecule has 0 bridgehead atoms. The molecule has 6 heteroatoms. The van der Waals surface area contributed by atoms with Crippen molar-refractivity contribution in [1.82, 2.24) is 0 Å². The maximum absolute atomic E-state index is 13.8. The zero-order chi connectivity index (χ0) is 21.0. The van der Waals surface area contributed by atoms with E-state index < -0.39 is 5.63 Å². The Kier molecular flexibility index (Phi) is 6.32. The van der Waals surface area contributed by atoms with Crippen LogP contribution < -0.4 is 10.4 Å². The molecule has 3 aromatic rings. The molecule has 1 heterocycles. The second-order valence-corrected chi connectivity index (χ2v) is 6.74. The molecule has 0 spiro atoms. The normalized spacial score (nSPS) is 10.9. The number of hydrogen-bond donors (Lipinski definition) is 0. The lowest BCUT2D eigenvalue weighted by molar-refractivity contribution is -0.143. The van der Waals surface area contributed by atoms with Gasteiger partial charge >= 0.3 is 11.6 Å². The fraction of sp³-hybridized carbons (Fsp3) is 0.304. The highest BCUT2D eigenvalue weighted by Gasteiger charge is 2.16. The van der Waals surface area contributed by atoms with Crippen molar-refractivity contribution in [3.63, 3.8) is 0 Å². The molecule has 0 saturated carbocycles. The summed E-state index contributed by atoms with van der Waals surface area (Å²) in [5.41, 5.74) is 2.29. The van der Waals surface area contributed by atoms with Gasteiger partial charge in [0, 0.05) is 28.5 Å². The predicted molar refractivity (Wildman–Crippen MR) is 108 cm³/mol. The topological polar surface area (TPSA) is 65.7 Å². The van der Waals surface area contributed by atoms with Crippen LogP contribution in [0, 0.1) is 19.7 Å². The minimum Gasteiger partial charge on any atom is -0.488 e. The summed E-state index contributed by atoms with van der Waals surface area (Å²) in [4.78, 5) is 24.1. The molecule has 0 N–H and O–H groups in total. The van der Waals surface area contributed by atoms with Crippen molar-refractivity contribution < 1.29 is 23.1 Å². The van der Waals surface area contributed by atoms with Gasteiger partial charge in [-0.05, 0) is 51.0 Å². The van der Waals surface area contributed by atoms with E-state index in [9.17, 15) is 14.0 Å². The van der Waals surface area contributed by atoms with E-state index in [1.165, 1.54) is 6.07 Å². The molecular formula is C23H23FO5. The molecule has 0 amide bonds. The van der Waals surface area contributed by atoms with Crippen LogP contribution in [0.15, 0.2) is 45.6 Å². The molecular weight excluding hydrogens is 375 g/mol. The molecule has 0 aliphatic heterocycles. The number of aryl methyl sites for hydroxylation is 2. The lowest BCUT2D eigenvalue weighted by Crippen LogP contribution is -2.14. The Labute approximate surface area is 168 Å². The highest BCUT2D eigenvalue weighted by molar-refractivity contribution is 5.85. The number of hydrogen-bond acceptors (Lipinski definition) is 5. The molecule has 5 nitrogen and oxygen atoms in total. The first-order valence-corrected chi connectivity index (χ1v) is 9.50. The fourth-order valence-electron chi connectivity index (χ4n) is 3.25. The fourth-order valence-corrected chi connectivity index (χ4v) is 3.25. The second kappa shape index (κ2) is 8.90. The molecule has 0 saturated heterocycles. The van der Waals surface area contributed by atoms with Crippen LogP contribution in [0.5, 0.6) is 5.75 Å². The molecule has 0 aliphatic carbocycles. The third kappa shape index (κ3) is 4.47. The lowest BCUT2D eigenvalue weighted by atomic mass is 10.0. The third-order valence-electron chi connectivity index (χ3n) is 4.88. The average Bonchev–Trinajstić information content (AvgIpc) is 2.69. The van der Waals surface area contributed by atoms with Crippen molar-refractivity contribution in [3.8, 4) is 5.75 Å². The number of rotatable bonds is 7. The van der Waals surface area contributed by atoms with Gasteiger partial charge in [0.1, 0.15) is 23.8 Å². The molecule has 1 aromatic heterocycles. The first-order chi connectivity index (χ1) is 13.9. The van der Waals surface area contributed by atoms with E-state index in [1.54, 1.807) is 38.1 Å². The van der Waals surface area contributed by atoms with Gasteiger partial charge in [-0.25, -0.2) is 9.18 Å². The average molecular weight is 398 g/mol. The summed E-state index contributed by atoms with van der Waals surface area (Å²) in [7, 11) is 0. The van der Waals surface area contributed by atoms with Crippen LogP contribution in [-0.4, -0.2) is 12.6 Å². The van der Waals surface area contributed by atoms with Gasteiger partial charge in [0.05, 0.1) is 6.61 Å². The summed E-state index contributed by atoms with van der Waals surface area (Å²) < 4.78 is 30.0. The zero-order valence-corrected chi connectivity index (χ0v) is 16.7. The molecule has 3 rings (SSSR count). The molecule has 0 atom stereocenters. The van der Waals surface area contributed by atoms with Crippen LogP contribution in [-0.2, 0) is 22.6 Å². The first-order valence-electron chi connectivity index (χ1n) is 9.50. The summed E-state index contributed by atoms with van der Waals surface area (Å²) in [5.74, 6) is -0.165. The van der Waals surface area contributed by atoms with Gasteiger partial charge in [-0.15, -0.1) is 0 Å². The van der Waals surface area contributed by atoms with Gasteiger partial charge in [-0.3, -0.25) is 4.79 Å². The summed E-state index contributed by atoms with van der Waals surface area (Å²) in [6.07, 6.45) is 0.376. The Bertz CT molecular complexity index is 1100. The monoisotopic (exact) mass is 398 g/mol. The zero-order valence-electron chi connectivity index (χ0n) is 16.7. The number of fused-ring (bicyclic) bond motifs is 1. The van der Waals surface area contributed by atoms with Crippen molar-refractivity contribution in [3.05, 3.63) is 74.9 Å². The van der Waals surface area contributed by atoms with E-state index in [4.69, 9.17) is 13.9 Å². The summed E-state index contributed by atoms with van der Waals surface area (Å²) in [5, 5.41) is 0.777. The van der Waals surface area contributed by atoms with Gasteiger partial charge < -0.3 is 13.9 Å². The minimum atomic E-state index is -0.478. The smallest absolute Gasteiger partial charge is 0.339 e. The Morgan fingerprint density at radius 1 is 1.10 bits per heavy atom. The molecule has 152 valence electrons. The van der Waals surface area contributed by atoms with E-state index in [2.05, 4.69) is 0 Å². The number of carbonyl (C=O) groups is 1. The van der Waals surface area contributed by atoms with E-state index in [0.29, 0.717) is 34.6 Å². The molecule has 0 unspecified atom stereocenters. The van der Waals surface area contributed by atoms with Gasteiger partial charge in [-0.1, -0.05) is 18.2 Å². The Balaban J connectivity index is 1.88. The SMILES string of the molecule is CCOC(=O)CCc1c(C)c2ccc(OCc3ccccc3F)c(C)c2oc1=O.